The third-order valence-electron chi connectivity index (χ3n) is 4.89. The summed E-state index contributed by atoms with van der Waals surface area (Å²) in [5.41, 5.74) is 0.135. The molecule has 0 radical (unpaired) electrons. The molecule has 7 heteroatoms. The Morgan fingerprint density at radius 3 is 2.88 bits per heavy atom. The number of hydrogen-bond donors (Lipinski definition) is 1. The van der Waals surface area contributed by atoms with Gasteiger partial charge in [0.1, 0.15) is 17.1 Å². The largest absolute Gasteiger partial charge is 0.444 e. The number of likely N-dealkylation sites (tertiary alicyclic amines) is 1. The lowest BCUT2D eigenvalue weighted by Gasteiger charge is -2.34. The van der Waals surface area contributed by atoms with Gasteiger partial charge in [0.2, 0.25) is 5.91 Å². The maximum Gasteiger partial charge on any atom is 0.410 e. The van der Waals surface area contributed by atoms with Crippen molar-refractivity contribution in [3.05, 3.63) is 17.5 Å². The number of ether oxygens (including phenoxy) is 1. The van der Waals surface area contributed by atoms with Crippen molar-refractivity contribution in [2.24, 2.45) is 11.3 Å². The molecule has 2 unspecified atom stereocenters. The molecule has 1 aromatic rings. The van der Waals surface area contributed by atoms with Crippen molar-refractivity contribution in [1.29, 1.82) is 0 Å². The summed E-state index contributed by atoms with van der Waals surface area (Å²) in [6.45, 7) is 9.09. The van der Waals surface area contributed by atoms with Gasteiger partial charge in [-0.25, -0.2) is 4.79 Å². The second-order valence-corrected chi connectivity index (χ2v) is 8.27. The van der Waals surface area contributed by atoms with Crippen LogP contribution in [0.3, 0.4) is 0 Å². The topological polar surface area (TPSA) is 84.7 Å². The second-order valence-electron chi connectivity index (χ2n) is 8.27. The van der Waals surface area contributed by atoms with Crippen molar-refractivity contribution < 1.29 is 18.8 Å². The minimum atomic E-state index is -0.502. The summed E-state index contributed by atoms with van der Waals surface area (Å²) in [4.78, 5) is 26.5. The molecule has 138 valence electrons. The molecular weight excluding hydrogens is 322 g/mol. The van der Waals surface area contributed by atoms with E-state index in [-0.39, 0.29) is 23.3 Å². The summed E-state index contributed by atoms with van der Waals surface area (Å²) in [5, 5.41) is 6.81. The van der Waals surface area contributed by atoms with Crippen molar-refractivity contribution in [2.75, 3.05) is 13.1 Å². The van der Waals surface area contributed by atoms with Crippen LogP contribution in [-0.4, -0.2) is 40.7 Å². The fraction of sp³-hybridized carbons (Fsp3) is 0.722. The van der Waals surface area contributed by atoms with Gasteiger partial charge >= 0.3 is 6.09 Å². The number of carbonyl (C=O) groups is 2. The highest BCUT2D eigenvalue weighted by Crippen LogP contribution is 2.58. The van der Waals surface area contributed by atoms with E-state index in [0.29, 0.717) is 19.6 Å². The monoisotopic (exact) mass is 349 g/mol. The van der Waals surface area contributed by atoms with E-state index in [2.05, 4.69) is 10.5 Å². The van der Waals surface area contributed by atoms with Gasteiger partial charge in [0, 0.05) is 30.5 Å². The minimum absolute atomic E-state index is 0.0340. The lowest BCUT2D eigenvalue weighted by Crippen LogP contribution is -2.45. The van der Waals surface area contributed by atoms with Gasteiger partial charge in [0.05, 0.1) is 6.54 Å². The average molecular weight is 349 g/mol. The molecule has 1 spiro atoms. The van der Waals surface area contributed by atoms with Crippen molar-refractivity contribution >= 4 is 12.0 Å². The zero-order chi connectivity index (χ0) is 18.2. The highest BCUT2D eigenvalue weighted by Gasteiger charge is 2.59. The second kappa shape index (κ2) is 6.35. The number of rotatable bonds is 3. The lowest BCUT2D eigenvalue weighted by molar-refractivity contribution is -0.123. The summed E-state index contributed by atoms with van der Waals surface area (Å²) in [6.07, 6.45) is 2.44. The molecule has 1 aromatic heterocycles. The molecule has 1 saturated carbocycles. The normalized spacial score (nSPS) is 25.8. The molecule has 3 rings (SSSR count). The van der Waals surface area contributed by atoms with Gasteiger partial charge in [-0.15, -0.1) is 0 Å². The van der Waals surface area contributed by atoms with E-state index in [1.165, 1.54) is 0 Å². The summed E-state index contributed by atoms with van der Waals surface area (Å²) in [6, 6.07) is 1.81. The predicted molar refractivity (Wildman–Crippen MR) is 90.7 cm³/mol. The first-order chi connectivity index (χ1) is 11.7. The quantitative estimate of drug-likeness (QED) is 0.907. The molecule has 1 aliphatic carbocycles. The van der Waals surface area contributed by atoms with E-state index < -0.39 is 5.60 Å². The van der Waals surface area contributed by atoms with E-state index in [1.807, 2.05) is 33.8 Å². The van der Waals surface area contributed by atoms with Crippen molar-refractivity contribution in [3.63, 3.8) is 0 Å². The number of aryl methyl sites for hydroxylation is 1. The van der Waals surface area contributed by atoms with Crippen molar-refractivity contribution in [3.8, 4) is 0 Å². The number of nitrogens with zero attached hydrogens (tertiary/aromatic N) is 2. The van der Waals surface area contributed by atoms with Gasteiger partial charge in [-0.1, -0.05) is 5.16 Å². The molecule has 1 saturated heterocycles. The molecule has 0 bridgehead atoms. The first kappa shape index (κ1) is 17.8. The SMILES string of the molecule is Cc1cc(CNC(=O)C2CC23CCCN(C(=O)OC(C)(C)C)C3)no1. The number of amides is 2. The Hall–Kier alpha value is -2.05. The zero-order valence-corrected chi connectivity index (χ0v) is 15.4. The summed E-state index contributed by atoms with van der Waals surface area (Å²) < 4.78 is 10.5. The van der Waals surface area contributed by atoms with Gasteiger partial charge < -0.3 is 19.5 Å². The zero-order valence-electron chi connectivity index (χ0n) is 15.4. The molecule has 1 aliphatic heterocycles. The predicted octanol–water partition coefficient (Wildman–Crippen LogP) is 2.64. The number of piperidine rings is 1. The highest BCUT2D eigenvalue weighted by atomic mass is 16.6. The standard InChI is InChI=1S/C18H27N3O4/c1-12-8-13(20-25-12)10-19-15(22)14-9-18(14)6-5-7-21(11-18)16(23)24-17(2,3)4/h8,14H,5-7,9-11H2,1-4H3,(H,19,22). The lowest BCUT2D eigenvalue weighted by atomic mass is 9.92. The fourth-order valence-electron chi connectivity index (χ4n) is 3.61. The minimum Gasteiger partial charge on any atom is -0.444 e. The van der Waals surface area contributed by atoms with Crippen LogP contribution >= 0.6 is 0 Å². The molecule has 1 N–H and O–H groups in total. The Morgan fingerprint density at radius 2 is 2.24 bits per heavy atom. The van der Waals surface area contributed by atoms with Crippen LogP contribution in [0.4, 0.5) is 4.79 Å². The summed E-state index contributed by atoms with van der Waals surface area (Å²) in [7, 11) is 0. The van der Waals surface area contributed by atoms with Gasteiger partial charge in [-0.05, 0) is 47.0 Å². The third-order valence-corrected chi connectivity index (χ3v) is 4.89. The Labute approximate surface area is 148 Å². The van der Waals surface area contributed by atoms with Crippen LogP contribution in [0, 0.1) is 18.3 Å². The highest BCUT2D eigenvalue weighted by molar-refractivity contribution is 5.83. The van der Waals surface area contributed by atoms with Crippen LogP contribution in [0.25, 0.3) is 0 Å². The Balaban J connectivity index is 1.53. The molecule has 0 aromatic carbocycles. The van der Waals surface area contributed by atoms with Crippen molar-refractivity contribution in [2.45, 2.75) is 59.1 Å². The summed E-state index contributed by atoms with van der Waals surface area (Å²) in [5.74, 6) is 0.727. The van der Waals surface area contributed by atoms with E-state index >= 15 is 0 Å². The summed E-state index contributed by atoms with van der Waals surface area (Å²) >= 11 is 0. The molecule has 2 fully saturated rings. The molecule has 7 nitrogen and oxygen atoms in total. The van der Waals surface area contributed by atoms with Gasteiger partial charge in [-0.2, -0.15) is 0 Å². The smallest absolute Gasteiger partial charge is 0.410 e. The van der Waals surface area contributed by atoms with E-state index in [9.17, 15) is 9.59 Å². The fourth-order valence-corrected chi connectivity index (χ4v) is 3.61. The molecule has 2 amide bonds. The number of hydrogen-bond acceptors (Lipinski definition) is 5. The van der Waals surface area contributed by atoms with E-state index in [4.69, 9.17) is 9.26 Å². The van der Waals surface area contributed by atoms with Crippen LogP contribution in [0.2, 0.25) is 0 Å². The molecule has 2 heterocycles. The number of aromatic nitrogens is 1. The Bertz CT molecular complexity index is 664. The van der Waals surface area contributed by atoms with Crippen LogP contribution in [0.5, 0.6) is 0 Å². The Morgan fingerprint density at radius 1 is 1.48 bits per heavy atom. The van der Waals surface area contributed by atoms with Gasteiger partial charge in [-0.3, -0.25) is 4.79 Å². The van der Waals surface area contributed by atoms with E-state index in [1.54, 1.807) is 4.90 Å². The number of carbonyl (C=O) groups excluding carboxylic acids is 2. The molecule has 25 heavy (non-hydrogen) atoms. The maximum atomic E-state index is 12.5. The van der Waals surface area contributed by atoms with Gasteiger partial charge in [0.25, 0.3) is 0 Å². The first-order valence-corrected chi connectivity index (χ1v) is 8.86. The van der Waals surface area contributed by atoms with Gasteiger partial charge in [0.15, 0.2) is 0 Å². The molecule has 2 atom stereocenters. The van der Waals surface area contributed by atoms with Crippen molar-refractivity contribution in [1.82, 2.24) is 15.4 Å². The molecular formula is C18H27N3O4. The third kappa shape index (κ3) is 4.14. The van der Waals surface area contributed by atoms with Crippen LogP contribution < -0.4 is 5.32 Å². The maximum absolute atomic E-state index is 12.5. The Kier molecular flexibility index (Phi) is 4.51. The molecule has 2 aliphatic rings. The van der Waals surface area contributed by atoms with E-state index in [0.717, 1.165) is 30.7 Å². The van der Waals surface area contributed by atoms with Crippen LogP contribution in [0.1, 0.15) is 51.5 Å². The van der Waals surface area contributed by atoms with Crippen LogP contribution in [0.15, 0.2) is 10.6 Å². The van der Waals surface area contributed by atoms with Crippen LogP contribution in [-0.2, 0) is 16.1 Å². The number of nitrogens with one attached hydrogen (secondary N) is 1. The first-order valence-electron chi connectivity index (χ1n) is 8.86. The average Bonchev–Trinajstić information content (AvgIpc) is 3.03.